The van der Waals surface area contributed by atoms with E-state index in [0.717, 1.165) is 25.3 Å². The minimum atomic E-state index is -1.15. The minimum Gasteiger partial charge on any atom is -0.478 e. The molecule has 20 heavy (non-hydrogen) atoms. The van der Waals surface area contributed by atoms with E-state index in [2.05, 4.69) is 0 Å². The van der Waals surface area contributed by atoms with Crippen LogP contribution in [0.1, 0.15) is 31.7 Å². The number of anilines is 1. The van der Waals surface area contributed by atoms with E-state index in [1.165, 1.54) is 18.2 Å². The zero-order chi connectivity index (χ0) is 14.7. The van der Waals surface area contributed by atoms with Crippen LogP contribution in [0.25, 0.3) is 6.08 Å². The van der Waals surface area contributed by atoms with Crippen molar-refractivity contribution in [3.8, 4) is 0 Å². The van der Waals surface area contributed by atoms with Crippen LogP contribution >= 0.6 is 0 Å². The average Bonchev–Trinajstić information content (AvgIpc) is 2.38. The van der Waals surface area contributed by atoms with E-state index < -0.39 is 17.6 Å². The van der Waals surface area contributed by atoms with Crippen molar-refractivity contribution in [2.75, 3.05) is 11.4 Å². The smallest absolute Gasteiger partial charge is 0.328 e. The summed E-state index contributed by atoms with van der Waals surface area (Å²) in [6.45, 7) is 2.59. The Labute approximate surface area is 116 Å². The molecule has 0 aliphatic carbocycles. The summed E-state index contributed by atoms with van der Waals surface area (Å²) in [4.78, 5) is 12.2. The maximum absolute atomic E-state index is 14.1. The Kier molecular flexibility index (Phi) is 4.37. The van der Waals surface area contributed by atoms with E-state index in [9.17, 15) is 13.6 Å². The van der Waals surface area contributed by atoms with Gasteiger partial charge in [-0.15, -0.1) is 0 Å². The van der Waals surface area contributed by atoms with Gasteiger partial charge in [0.15, 0.2) is 0 Å². The van der Waals surface area contributed by atoms with Crippen molar-refractivity contribution < 1.29 is 18.7 Å². The van der Waals surface area contributed by atoms with Gasteiger partial charge in [-0.1, -0.05) is 0 Å². The monoisotopic (exact) mass is 281 g/mol. The Morgan fingerprint density at radius 1 is 1.35 bits per heavy atom. The average molecular weight is 281 g/mol. The lowest BCUT2D eigenvalue weighted by Crippen LogP contribution is -2.38. The summed E-state index contributed by atoms with van der Waals surface area (Å²) >= 11 is 0. The molecular formula is C15H17F2NO2. The molecule has 0 saturated carbocycles. The number of carbonyl (C=O) groups is 1. The number of halogens is 2. The van der Waals surface area contributed by atoms with Crippen LogP contribution in [0, 0.1) is 11.6 Å². The maximum atomic E-state index is 14.1. The minimum absolute atomic E-state index is 0.00956. The van der Waals surface area contributed by atoms with E-state index in [1.54, 1.807) is 4.90 Å². The van der Waals surface area contributed by atoms with Crippen molar-refractivity contribution in [1.82, 2.24) is 0 Å². The van der Waals surface area contributed by atoms with Crippen molar-refractivity contribution in [2.45, 2.75) is 32.2 Å². The number of carboxylic acid groups (broad SMARTS) is 1. The molecule has 2 rings (SSSR count). The van der Waals surface area contributed by atoms with E-state index in [-0.39, 0.29) is 17.3 Å². The zero-order valence-electron chi connectivity index (χ0n) is 11.3. The molecule has 0 aromatic heterocycles. The van der Waals surface area contributed by atoms with Crippen LogP contribution in [-0.2, 0) is 4.79 Å². The maximum Gasteiger partial charge on any atom is 0.328 e. The molecule has 1 aromatic rings. The highest BCUT2D eigenvalue weighted by Gasteiger charge is 2.24. The summed E-state index contributed by atoms with van der Waals surface area (Å²) in [5, 5.41) is 8.52. The lowest BCUT2D eigenvalue weighted by Gasteiger charge is -2.35. The van der Waals surface area contributed by atoms with Crippen LogP contribution in [-0.4, -0.2) is 23.7 Å². The zero-order valence-corrected chi connectivity index (χ0v) is 11.3. The van der Waals surface area contributed by atoms with Gasteiger partial charge in [0.2, 0.25) is 0 Å². The van der Waals surface area contributed by atoms with Gasteiger partial charge in [0, 0.05) is 18.7 Å². The Balaban J connectivity index is 2.33. The molecule has 1 unspecified atom stereocenters. The van der Waals surface area contributed by atoms with Crippen LogP contribution in [0.5, 0.6) is 0 Å². The molecule has 1 heterocycles. The van der Waals surface area contributed by atoms with Gasteiger partial charge in [-0.05, 0) is 50.0 Å². The SMILES string of the molecule is CC1CCCCN1c1c(F)cc(C=CC(=O)O)cc1F. The molecule has 1 aliphatic rings. The topological polar surface area (TPSA) is 40.5 Å². The van der Waals surface area contributed by atoms with Crippen molar-refractivity contribution in [3.05, 3.63) is 35.4 Å². The van der Waals surface area contributed by atoms with Gasteiger partial charge in [-0.2, -0.15) is 0 Å². The number of hydrogen-bond donors (Lipinski definition) is 1. The normalized spacial score (nSPS) is 19.6. The Morgan fingerprint density at radius 2 is 2.00 bits per heavy atom. The summed E-state index contributed by atoms with van der Waals surface area (Å²) in [6.07, 6.45) is 4.94. The van der Waals surface area contributed by atoms with E-state index in [1.807, 2.05) is 6.92 Å². The molecule has 0 bridgehead atoms. The van der Waals surface area contributed by atoms with E-state index in [4.69, 9.17) is 5.11 Å². The largest absolute Gasteiger partial charge is 0.478 e. The fourth-order valence-corrected chi connectivity index (χ4v) is 2.55. The predicted molar refractivity (Wildman–Crippen MR) is 73.7 cm³/mol. The lowest BCUT2D eigenvalue weighted by atomic mass is 10.0. The predicted octanol–water partition coefficient (Wildman–Crippen LogP) is 3.44. The number of carboxylic acids is 1. The molecule has 1 fully saturated rings. The van der Waals surface area contributed by atoms with E-state index in [0.29, 0.717) is 6.54 Å². The summed E-state index contributed by atoms with van der Waals surface area (Å²) in [7, 11) is 0. The Morgan fingerprint density at radius 3 is 2.55 bits per heavy atom. The van der Waals surface area contributed by atoms with Crippen LogP contribution in [0.2, 0.25) is 0 Å². The van der Waals surface area contributed by atoms with Gasteiger partial charge in [0.25, 0.3) is 0 Å². The third-order valence-corrected chi connectivity index (χ3v) is 3.55. The fraction of sp³-hybridized carbons (Fsp3) is 0.400. The molecular weight excluding hydrogens is 264 g/mol. The van der Waals surface area contributed by atoms with Crippen molar-refractivity contribution in [3.63, 3.8) is 0 Å². The molecule has 0 spiro atoms. The van der Waals surface area contributed by atoms with Gasteiger partial charge in [-0.3, -0.25) is 0 Å². The molecule has 1 atom stereocenters. The number of aliphatic carboxylic acids is 1. The summed E-state index contributed by atoms with van der Waals surface area (Å²) < 4.78 is 28.3. The number of rotatable bonds is 3. The highest BCUT2D eigenvalue weighted by atomic mass is 19.1. The third-order valence-electron chi connectivity index (χ3n) is 3.55. The highest BCUT2D eigenvalue weighted by molar-refractivity contribution is 5.85. The standard InChI is InChI=1S/C15H17F2NO2/c1-10-4-2-3-7-18(10)15-12(16)8-11(9-13(15)17)5-6-14(19)20/h5-6,8-10H,2-4,7H2,1H3,(H,19,20). The fourth-order valence-electron chi connectivity index (χ4n) is 2.55. The Hall–Kier alpha value is -1.91. The second-order valence-electron chi connectivity index (χ2n) is 5.04. The molecule has 3 nitrogen and oxygen atoms in total. The van der Waals surface area contributed by atoms with Crippen LogP contribution < -0.4 is 4.90 Å². The molecule has 5 heteroatoms. The highest BCUT2D eigenvalue weighted by Crippen LogP contribution is 2.30. The molecule has 108 valence electrons. The summed E-state index contributed by atoms with van der Waals surface area (Å²) in [5.41, 5.74) is 0.195. The quantitative estimate of drug-likeness (QED) is 0.863. The van der Waals surface area contributed by atoms with E-state index >= 15 is 0 Å². The van der Waals surface area contributed by atoms with Crippen molar-refractivity contribution >= 4 is 17.7 Å². The first-order valence-corrected chi connectivity index (χ1v) is 6.65. The first kappa shape index (κ1) is 14.5. The lowest BCUT2D eigenvalue weighted by molar-refractivity contribution is -0.131. The van der Waals surface area contributed by atoms with Gasteiger partial charge in [-0.25, -0.2) is 13.6 Å². The summed E-state index contributed by atoms with van der Waals surface area (Å²) in [6, 6.07) is 2.44. The Bertz CT molecular complexity index is 520. The molecule has 1 aromatic carbocycles. The van der Waals surface area contributed by atoms with Gasteiger partial charge in [0.05, 0.1) is 0 Å². The number of nitrogens with zero attached hydrogens (tertiary/aromatic N) is 1. The molecule has 0 amide bonds. The third kappa shape index (κ3) is 3.15. The van der Waals surface area contributed by atoms with Crippen molar-refractivity contribution in [2.24, 2.45) is 0 Å². The first-order chi connectivity index (χ1) is 9.49. The van der Waals surface area contributed by atoms with Crippen LogP contribution in [0.4, 0.5) is 14.5 Å². The number of piperidine rings is 1. The van der Waals surface area contributed by atoms with Gasteiger partial charge in [0.1, 0.15) is 17.3 Å². The second kappa shape index (κ2) is 6.03. The molecule has 0 radical (unpaired) electrons. The molecule has 1 saturated heterocycles. The molecule has 1 N–H and O–H groups in total. The van der Waals surface area contributed by atoms with Crippen LogP contribution in [0.15, 0.2) is 18.2 Å². The second-order valence-corrected chi connectivity index (χ2v) is 5.04. The van der Waals surface area contributed by atoms with Gasteiger partial charge < -0.3 is 10.0 Å². The van der Waals surface area contributed by atoms with Crippen molar-refractivity contribution in [1.29, 1.82) is 0 Å². The number of hydrogen-bond acceptors (Lipinski definition) is 2. The van der Waals surface area contributed by atoms with Gasteiger partial charge >= 0.3 is 5.97 Å². The van der Waals surface area contributed by atoms with Crippen LogP contribution in [0.3, 0.4) is 0 Å². The molecule has 1 aliphatic heterocycles. The number of benzene rings is 1. The summed E-state index contributed by atoms with van der Waals surface area (Å²) in [5.74, 6) is -2.45. The first-order valence-electron chi connectivity index (χ1n) is 6.65.